The minimum Gasteiger partial charge on any atom is -0.508 e. The van der Waals surface area contributed by atoms with Gasteiger partial charge in [0.1, 0.15) is 23.3 Å². The lowest BCUT2D eigenvalue weighted by molar-refractivity contribution is -0.121. The molecule has 4 rings (SSSR count). The summed E-state index contributed by atoms with van der Waals surface area (Å²) in [5.74, 6) is -1.45. The highest BCUT2D eigenvalue weighted by Gasteiger charge is 2.24. The summed E-state index contributed by atoms with van der Waals surface area (Å²) in [7, 11) is -3.93. The maximum Gasteiger partial charge on any atom is 0.343 e. The second-order valence-electron chi connectivity index (χ2n) is 12.3. The summed E-state index contributed by atoms with van der Waals surface area (Å²) in [6.07, 6.45) is 6.50. The molecule has 0 aromatic heterocycles. The second-order valence-corrected chi connectivity index (χ2v) is 14.0. The Kier molecular flexibility index (Phi) is 14.3. The second kappa shape index (κ2) is 19.1. The number of nitrogens with one attached hydrogen (secondary N) is 3. The van der Waals surface area contributed by atoms with Crippen LogP contribution in [0.5, 0.6) is 17.2 Å². The van der Waals surface area contributed by atoms with Crippen LogP contribution in [-0.2, 0) is 32.5 Å². The summed E-state index contributed by atoms with van der Waals surface area (Å²) < 4.78 is 36.8. The van der Waals surface area contributed by atoms with Gasteiger partial charge in [-0.25, -0.2) is 13.2 Å². The largest absolute Gasteiger partial charge is 0.508 e. The van der Waals surface area contributed by atoms with E-state index in [0.717, 1.165) is 19.1 Å². The van der Waals surface area contributed by atoms with Gasteiger partial charge in [0, 0.05) is 17.7 Å². The normalized spacial score (nSPS) is 11.6. The molecular formula is C39H43N3O9S. The number of anilines is 1. The van der Waals surface area contributed by atoms with Crippen molar-refractivity contribution in [2.24, 2.45) is 0 Å². The Morgan fingerprint density at radius 2 is 1.33 bits per heavy atom. The van der Waals surface area contributed by atoms with E-state index >= 15 is 0 Å². The summed E-state index contributed by atoms with van der Waals surface area (Å²) in [4.78, 5) is 51.2. The molecule has 0 spiro atoms. The van der Waals surface area contributed by atoms with Gasteiger partial charge in [-0.15, -0.1) is 0 Å². The van der Waals surface area contributed by atoms with Crippen molar-refractivity contribution in [3.63, 3.8) is 0 Å². The first-order valence-electron chi connectivity index (χ1n) is 16.9. The Morgan fingerprint density at radius 3 is 1.96 bits per heavy atom. The van der Waals surface area contributed by atoms with Gasteiger partial charge >= 0.3 is 5.97 Å². The van der Waals surface area contributed by atoms with E-state index in [9.17, 15) is 32.7 Å². The zero-order valence-corrected chi connectivity index (χ0v) is 29.9. The molecule has 13 heteroatoms. The lowest BCUT2D eigenvalue weighted by atomic mass is 10.0. The number of ether oxygens (including phenoxy) is 2. The summed E-state index contributed by atoms with van der Waals surface area (Å²) in [6.45, 7) is 2.78. The van der Waals surface area contributed by atoms with E-state index in [0.29, 0.717) is 34.7 Å². The fraction of sp³-hybridized carbons (Fsp3) is 0.282. The summed E-state index contributed by atoms with van der Waals surface area (Å²) in [6, 6.07) is 23.9. The molecule has 274 valence electrons. The van der Waals surface area contributed by atoms with Crippen LogP contribution in [0.15, 0.2) is 97.1 Å². The quantitative estimate of drug-likeness (QED) is 0.0580. The van der Waals surface area contributed by atoms with Crippen LogP contribution >= 0.6 is 0 Å². The average molecular weight is 730 g/mol. The number of esters is 1. The van der Waals surface area contributed by atoms with Crippen LogP contribution in [0.1, 0.15) is 70.9 Å². The predicted octanol–water partition coefficient (Wildman–Crippen LogP) is 5.56. The number of hydrogen-bond acceptors (Lipinski definition) is 9. The van der Waals surface area contributed by atoms with Crippen molar-refractivity contribution in [1.82, 2.24) is 10.0 Å². The molecule has 1 atom stereocenters. The van der Waals surface area contributed by atoms with E-state index in [4.69, 9.17) is 9.47 Å². The van der Waals surface area contributed by atoms with Crippen molar-refractivity contribution in [3.8, 4) is 17.2 Å². The summed E-state index contributed by atoms with van der Waals surface area (Å²) in [5.41, 5.74) is 2.19. The molecule has 52 heavy (non-hydrogen) atoms. The maximum atomic E-state index is 13.1. The van der Waals surface area contributed by atoms with E-state index in [1.165, 1.54) is 67.8 Å². The van der Waals surface area contributed by atoms with E-state index < -0.39 is 33.8 Å². The molecule has 12 nitrogen and oxygen atoms in total. The Balaban J connectivity index is 1.33. The van der Waals surface area contributed by atoms with Crippen LogP contribution < -0.4 is 24.8 Å². The third kappa shape index (κ3) is 13.2. The molecule has 4 aromatic rings. The molecule has 4 N–H and O–H groups in total. The molecule has 3 amide bonds. The molecule has 0 radical (unpaired) electrons. The smallest absolute Gasteiger partial charge is 0.343 e. The van der Waals surface area contributed by atoms with Gasteiger partial charge in [0.2, 0.25) is 15.9 Å². The molecule has 0 aliphatic carbocycles. The lowest BCUT2D eigenvalue weighted by Crippen LogP contribution is -2.49. The number of amides is 3. The first-order valence-corrected chi connectivity index (χ1v) is 18.8. The molecule has 0 saturated heterocycles. The van der Waals surface area contributed by atoms with Crippen molar-refractivity contribution in [2.75, 3.05) is 18.2 Å². The van der Waals surface area contributed by atoms with E-state index in [1.807, 2.05) is 4.72 Å². The maximum absolute atomic E-state index is 13.1. The monoisotopic (exact) mass is 729 g/mol. The highest BCUT2D eigenvalue weighted by molar-refractivity contribution is 7.89. The Hall–Kier alpha value is -5.69. The fourth-order valence-electron chi connectivity index (χ4n) is 5.09. The Labute approximate surface area is 303 Å². The van der Waals surface area contributed by atoms with Gasteiger partial charge < -0.3 is 25.2 Å². The fourth-order valence-corrected chi connectivity index (χ4v) is 5.60. The highest BCUT2D eigenvalue weighted by Crippen LogP contribution is 2.19. The van der Waals surface area contributed by atoms with Gasteiger partial charge in [-0.1, -0.05) is 56.9 Å². The third-order valence-electron chi connectivity index (χ3n) is 7.82. The minimum absolute atomic E-state index is 0.0755. The van der Waals surface area contributed by atoms with E-state index in [-0.39, 0.29) is 35.8 Å². The van der Waals surface area contributed by atoms with Crippen molar-refractivity contribution in [1.29, 1.82) is 0 Å². The van der Waals surface area contributed by atoms with Gasteiger partial charge in [-0.3, -0.25) is 19.1 Å². The zero-order chi connectivity index (χ0) is 37.5. The van der Waals surface area contributed by atoms with Crippen LogP contribution in [0.3, 0.4) is 0 Å². The van der Waals surface area contributed by atoms with Crippen LogP contribution in [0.2, 0.25) is 0 Å². The molecule has 0 aliphatic heterocycles. The molecule has 0 bridgehead atoms. The zero-order valence-electron chi connectivity index (χ0n) is 29.1. The molecule has 0 saturated carbocycles. The van der Waals surface area contributed by atoms with Crippen molar-refractivity contribution in [2.45, 2.75) is 57.9 Å². The number of carbonyl (C=O) groups excluding carboxylic acids is 4. The number of aromatic hydroxyl groups is 1. The minimum atomic E-state index is -3.93. The van der Waals surface area contributed by atoms with Crippen LogP contribution in [0.25, 0.3) is 0 Å². The van der Waals surface area contributed by atoms with Gasteiger partial charge in [0.05, 0.1) is 24.8 Å². The van der Waals surface area contributed by atoms with Crippen molar-refractivity contribution >= 4 is 39.4 Å². The first kappa shape index (κ1) is 39.1. The van der Waals surface area contributed by atoms with Gasteiger partial charge in [0.15, 0.2) is 0 Å². The third-order valence-corrected chi connectivity index (χ3v) is 8.39. The number of phenols is 1. The highest BCUT2D eigenvalue weighted by atomic mass is 32.2. The number of unbranched alkanes of at least 4 members (excludes halogenated alkanes) is 4. The Bertz CT molecular complexity index is 1910. The molecule has 0 fully saturated rings. The van der Waals surface area contributed by atoms with Gasteiger partial charge in [0.25, 0.3) is 11.8 Å². The molecule has 0 heterocycles. The lowest BCUT2D eigenvalue weighted by Gasteiger charge is -2.18. The van der Waals surface area contributed by atoms with Crippen molar-refractivity contribution < 1.29 is 42.2 Å². The predicted molar refractivity (Wildman–Crippen MR) is 197 cm³/mol. The van der Waals surface area contributed by atoms with Gasteiger partial charge in [-0.2, -0.15) is 0 Å². The molecular weight excluding hydrogens is 687 g/mol. The van der Waals surface area contributed by atoms with E-state index in [2.05, 4.69) is 17.6 Å². The number of sulfonamides is 1. The average Bonchev–Trinajstić information content (AvgIpc) is 3.11. The SMILES string of the molecule is CCCCCCCOc1ccc(C(=O)Oc2ccc(C[C@H](NC(=O)c3ccc(NC(=O)Cc4ccc(O)cc4)cc3)C(=O)NS(C)(=O)=O)cc2)cc1. The number of carbonyl (C=O) groups is 4. The van der Waals surface area contributed by atoms with E-state index in [1.54, 1.807) is 48.5 Å². The van der Waals surface area contributed by atoms with Crippen LogP contribution in [0, 0.1) is 0 Å². The standard InChI is InChI=1S/C39H43N3O9S/c1-3-4-5-6-7-24-50-33-22-14-30(15-23-33)39(47)51-34-20-10-27(11-21-34)25-35(38(46)42-52(2,48)49)41-37(45)29-12-16-31(17-13-29)40-36(44)26-28-8-18-32(43)19-9-28/h8-23,35,43H,3-7,24-26H2,1-2H3,(H,40,44)(H,41,45)(H,42,46)/t35-/m0/s1. The Morgan fingerprint density at radius 1 is 0.731 bits per heavy atom. The molecule has 0 unspecified atom stereocenters. The topological polar surface area (TPSA) is 177 Å². The number of rotatable bonds is 18. The number of hydrogen-bond donors (Lipinski definition) is 4. The summed E-state index contributed by atoms with van der Waals surface area (Å²) >= 11 is 0. The van der Waals surface area contributed by atoms with Crippen LogP contribution in [0.4, 0.5) is 5.69 Å². The summed E-state index contributed by atoms with van der Waals surface area (Å²) in [5, 5.41) is 14.7. The first-order chi connectivity index (χ1) is 24.9. The molecule has 0 aliphatic rings. The van der Waals surface area contributed by atoms with Crippen molar-refractivity contribution in [3.05, 3.63) is 119 Å². The number of benzene rings is 4. The van der Waals surface area contributed by atoms with Gasteiger partial charge in [-0.05, 0) is 90.3 Å². The van der Waals surface area contributed by atoms with Crippen LogP contribution in [-0.4, -0.2) is 56.1 Å². The molecule has 4 aromatic carbocycles. The number of phenolic OH excluding ortho intramolecular Hbond substituents is 1.